The molecule has 0 radical (unpaired) electrons. The minimum absolute atomic E-state index is 0.106. The van der Waals surface area contributed by atoms with Gasteiger partial charge in [0, 0.05) is 32.6 Å². The molecule has 1 aliphatic heterocycles. The van der Waals surface area contributed by atoms with E-state index in [-0.39, 0.29) is 5.91 Å². The lowest BCUT2D eigenvalue weighted by Crippen LogP contribution is -2.37. The van der Waals surface area contributed by atoms with Gasteiger partial charge in [0.2, 0.25) is 15.9 Å². The van der Waals surface area contributed by atoms with Crippen molar-refractivity contribution < 1.29 is 17.9 Å². The zero-order chi connectivity index (χ0) is 18.6. The maximum absolute atomic E-state index is 13.0. The van der Waals surface area contributed by atoms with E-state index in [9.17, 15) is 13.2 Å². The number of carbonyl (C=O) groups excluding carboxylic acids is 1. The second kappa shape index (κ2) is 8.19. The third-order valence-corrected chi connectivity index (χ3v) is 6.45. The summed E-state index contributed by atoms with van der Waals surface area (Å²) in [7, 11) is -2.02. The first-order valence-electron chi connectivity index (χ1n) is 8.68. The number of carbonyl (C=O) groups is 1. The molecular weight excluding hydrogens is 340 g/mol. The molecule has 1 saturated heterocycles. The number of methoxy groups -OCH3 is 1. The molecule has 0 saturated carbocycles. The molecule has 1 aromatic rings. The Morgan fingerprint density at radius 3 is 2.52 bits per heavy atom. The first kappa shape index (κ1) is 19.7. The van der Waals surface area contributed by atoms with Crippen molar-refractivity contribution in [3.8, 4) is 5.75 Å². The molecule has 0 atom stereocenters. The number of hydrogen-bond donors (Lipinski definition) is 0. The molecule has 0 spiro atoms. The fraction of sp³-hybridized carbons (Fsp3) is 0.611. The van der Waals surface area contributed by atoms with Crippen LogP contribution in [0.25, 0.3) is 0 Å². The number of rotatable bonds is 5. The van der Waals surface area contributed by atoms with Crippen molar-refractivity contribution in [2.75, 3.05) is 33.3 Å². The highest BCUT2D eigenvalue weighted by Gasteiger charge is 2.29. The highest BCUT2D eigenvalue weighted by Crippen LogP contribution is 2.25. The van der Waals surface area contributed by atoms with E-state index in [2.05, 4.69) is 0 Å². The number of nitrogens with zero attached hydrogens (tertiary/aromatic N) is 2. The van der Waals surface area contributed by atoms with Crippen LogP contribution in [0.1, 0.15) is 32.3 Å². The summed E-state index contributed by atoms with van der Waals surface area (Å²) in [4.78, 5) is 14.3. The minimum Gasteiger partial charge on any atom is -0.497 e. The van der Waals surface area contributed by atoms with Crippen molar-refractivity contribution in [2.24, 2.45) is 5.92 Å². The molecule has 140 valence electrons. The summed E-state index contributed by atoms with van der Waals surface area (Å²) in [5, 5.41) is 0. The fourth-order valence-corrected chi connectivity index (χ4v) is 4.71. The number of aryl methyl sites for hydroxylation is 1. The van der Waals surface area contributed by atoms with Crippen LogP contribution in [-0.2, 0) is 14.8 Å². The molecule has 0 N–H and O–H groups in total. The normalized spacial score (nSPS) is 16.8. The van der Waals surface area contributed by atoms with Crippen LogP contribution >= 0.6 is 0 Å². The predicted molar refractivity (Wildman–Crippen MR) is 97.1 cm³/mol. The maximum atomic E-state index is 13.0. The zero-order valence-electron chi connectivity index (χ0n) is 15.5. The van der Waals surface area contributed by atoms with Crippen LogP contribution in [0.15, 0.2) is 23.1 Å². The summed E-state index contributed by atoms with van der Waals surface area (Å²) >= 11 is 0. The van der Waals surface area contributed by atoms with Gasteiger partial charge in [0.15, 0.2) is 0 Å². The molecular formula is C18H28N2O4S. The average molecular weight is 368 g/mol. The van der Waals surface area contributed by atoms with E-state index in [4.69, 9.17) is 4.74 Å². The summed E-state index contributed by atoms with van der Waals surface area (Å²) in [5.41, 5.74) is 0.663. The number of ether oxygens (including phenoxy) is 1. The summed E-state index contributed by atoms with van der Waals surface area (Å²) in [6, 6.07) is 4.98. The third kappa shape index (κ3) is 4.73. The monoisotopic (exact) mass is 368 g/mol. The summed E-state index contributed by atoms with van der Waals surface area (Å²) in [6.07, 6.45) is 1.16. The van der Waals surface area contributed by atoms with Crippen molar-refractivity contribution in [1.29, 1.82) is 0 Å². The molecule has 25 heavy (non-hydrogen) atoms. The Bertz CT molecular complexity index is 716. The first-order chi connectivity index (χ1) is 11.8. The van der Waals surface area contributed by atoms with Crippen LogP contribution in [0.4, 0.5) is 0 Å². The molecule has 0 bridgehead atoms. The van der Waals surface area contributed by atoms with E-state index in [0.29, 0.717) is 61.1 Å². The Morgan fingerprint density at radius 2 is 1.92 bits per heavy atom. The van der Waals surface area contributed by atoms with Gasteiger partial charge < -0.3 is 9.64 Å². The van der Waals surface area contributed by atoms with Crippen LogP contribution in [0.5, 0.6) is 5.75 Å². The average Bonchev–Trinajstić information content (AvgIpc) is 2.80. The molecule has 1 aliphatic rings. The van der Waals surface area contributed by atoms with Crippen molar-refractivity contribution in [3.63, 3.8) is 0 Å². The molecule has 2 rings (SSSR count). The van der Waals surface area contributed by atoms with E-state index in [1.807, 2.05) is 13.8 Å². The molecule has 0 unspecified atom stereocenters. The Morgan fingerprint density at radius 1 is 1.20 bits per heavy atom. The van der Waals surface area contributed by atoms with E-state index in [1.165, 1.54) is 4.31 Å². The first-order valence-corrected chi connectivity index (χ1v) is 10.1. The Hall–Kier alpha value is -1.60. The van der Waals surface area contributed by atoms with Gasteiger partial charge in [-0.05, 0) is 43.0 Å². The van der Waals surface area contributed by atoms with Gasteiger partial charge in [-0.15, -0.1) is 0 Å². The van der Waals surface area contributed by atoms with Gasteiger partial charge in [-0.25, -0.2) is 8.42 Å². The van der Waals surface area contributed by atoms with Gasteiger partial charge in [-0.1, -0.05) is 13.8 Å². The second-order valence-corrected chi connectivity index (χ2v) is 8.77. The summed E-state index contributed by atoms with van der Waals surface area (Å²) < 4.78 is 32.6. The Kier molecular flexibility index (Phi) is 6.46. The van der Waals surface area contributed by atoms with Gasteiger partial charge in [0.1, 0.15) is 5.75 Å². The van der Waals surface area contributed by atoms with Crippen molar-refractivity contribution in [1.82, 2.24) is 9.21 Å². The molecule has 0 aromatic heterocycles. The van der Waals surface area contributed by atoms with Gasteiger partial charge in [0.25, 0.3) is 0 Å². The zero-order valence-corrected chi connectivity index (χ0v) is 16.3. The lowest BCUT2D eigenvalue weighted by molar-refractivity contribution is -0.131. The van der Waals surface area contributed by atoms with Crippen LogP contribution in [0, 0.1) is 12.8 Å². The fourth-order valence-electron chi connectivity index (χ4n) is 3.04. The van der Waals surface area contributed by atoms with Gasteiger partial charge in [-0.3, -0.25) is 4.79 Å². The highest BCUT2D eigenvalue weighted by molar-refractivity contribution is 7.89. The lowest BCUT2D eigenvalue weighted by atomic mass is 10.1. The van der Waals surface area contributed by atoms with Crippen LogP contribution < -0.4 is 4.74 Å². The minimum atomic E-state index is -3.57. The van der Waals surface area contributed by atoms with Crippen LogP contribution in [0.2, 0.25) is 0 Å². The summed E-state index contributed by atoms with van der Waals surface area (Å²) in [6.45, 7) is 7.61. The summed E-state index contributed by atoms with van der Waals surface area (Å²) in [5.74, 6) is 1.05. The number of benzene rings is 1. The highest BCUT2D eigenvalue weighted by atomic mass is 32.2. The molecule has 7 heteroatoms. The van der Waals surface area contributed by atoms with Gasteiger partial charge in [0.05, 0.1) is 12.0 Å². The number of amides is 1. The quantitative estimate of drug-likeness (QED) is 0.800. The smallest absolute Gasteiger partial charge is 0.243 e. The topological polar surface area (TPSA) is 66.9 Å². The molecule has 6 nitrogen and oxygen atoms in total. The van der Waals surface area contributed by atoms with Crippen LogP contribution in [-0.4, -0.2) is 56.8 Å². The van der Waals surface area contributed by atoms with Crippen molar-refractivity contribution in [3.05, 3.63) is 23.8 Å². The van der Waals surface area contributed by atoms with Gasteiger partial charge in [-0.2, -0.15) is 4.31 Å². The number of sulfonamides is 1. The van der Waals surface area contributed by atoms with E-state index < -0.39 is 10.0 Å². The van der Waals surface area contributed by atoms with E-state index in [1.54, 1.807) is 37.1 Å². The predicted octanol–water partition coefficient (Wildman–Crippen LogP) is 2.27. The second-order valence-electron chi connectivity index (χ2n) is 6.87. The molecule has 1 aromatic carbocycles. The molecule has 1 amide bonds. The standard InChI is InChI=1S/C18H28N2O4S/c1-14(2)12-18(21)19-8-5-9-20(11-10-19)25(22,23)17-7-6-16(24-4)13-15(17)3/h6-7,13-14H,5,8-12H2,1-4H3. The molecule has 1 fully saturated rings. The van der Waals surface area contributed by atoms with E-state index >= 15 is 0 Å². The SMILES string of the molecule is COc1ccc(S(=O)(=O)N2CCCN(C(=O)CC(C)C)CC2)c(C)c1. The van der Waals surface area contributed by atoms with Crippen molar-refractivity contribution >= 4 is 15.9 Å². The Balaban J connectivity index is 2.14. The van der Waals surface area contributed by atoms with Crippen LogP contribution in [0.3, 0.4) is 0 Å². The lowest BCUT2D eigenvalue weighted by Gasteiger charge is -2.23. The van der Waals surface area contributed by atoms with Gasteiger partial charge >= 0.3 is 0 Å². The molecule has 0 aliphatic carbocycles. The largest absolute Gasteiger partial charge is 0.497 e. The Labute approximate surface area is 150 Å². The molecule has 1 heterocycles. The van der Waals surface area contributed by atoms with Crippen molar-refractivity contribution in [2.45, 2.75) is 38.5 Å². The third-order valence-electron chi connectivity index (χ3n) is 4.39. The maximum Gasteiger partial charge on any atom is 0.243 e. The van der Waals surface area contributed by atoms with E-state index in [0.717, 1.165) is 0 Å². The number of hydrogen-bond acceptors (Lipinski definition) is 4.